The van der Waals surface area contributed by atoms with Crippen LogP contribution >= 0.6 is 23.2 Å². The van der Waals surface area contributed by atoms with E-state index in [1.807, 2.05) is 26.2 Å². The molecule has 2 N–H and O–H groups in total. The zero-order chi connectivity index (χ0) is 15.4. The summed E-state index contributed by atoms with van der Waals surface area (Å²) in [5.41, 5.74) is 2.90. The van der Waals surface area contributed by atoms with Crippen molar-refractivity contribution in [2.45, 2.75) is 13.1 Å². The third-order valence-corrected chi connectivity index (χ3v) is 3.55. The van der Waals surface area contributed by atoms with E-state index < -0.39 is 0 Å². The van der Waals surface area contributed by atoms with E-state index >= 15 is 0 Å². The Kier molecular flexibility index (Phi) is 5.34. The summed E-state index contributed by atoms with van der Waals surface area (Å²) in [6.45, 7) is 1.37. The van der Waals surface area contributed by atoms with Gasteiger partial charge in [0.2, 0.25) is 0 Å². The number of nitrogens with zero attached hydrogens (tertiary/aromatic N) is 1. The normalized spacial score (nSPS) is 10.9. The highest BCUT2D eigenvalue weighted by atomic mass is 35.5. The summed E-state index contributed by atoms with van der Waals surface area (Å²) >= 11 is 11.8. The number of rotatable bonds is 5. The van der Waals surface area contributed by atoms with Crippen molar-refractivity contribution in [3.8, 4) is 5.75 Å². The monoisotopic (exact) mass is 324 g/mol. The van der Waals surface area contributed by atoms with Crippen molar-refractivity contribution in [2.75, 3.05) is 19.4 Å². The molecule has 0 unspecified atom stereocenters. The third-order valence-electron chi connectivity index (χ3n) is 3.04. The molecule has 112 valence electrons. The Hall–Kier alpha value is -1.42. The predicted octanol–water partition coefficient (Wildman–Crippen LogP) is 4.37. The second kappa shape index (κ2) is 7.03. The molecule has 0 spiro atoms. The maximum Gasteiger partial charge on any atom is 0.139 e. The molecule has 0 fully saturated rings. The standard InChI is InChI=1S/C16H18Cl2N2O/c1-20(2)10-11-3-5-14(6-4-11)19-9-12-7-13(17)8-15(18)16(12)21/h3-8,19,21H,9-10H2,1-2H3. The van der Waals surface area contributed by atoms with E-state index in [1.165, 1.54) is 11.6 Å². The Bertz CT molecular complexity index is 612. The molecule has 0 aromatic heterocycles. The molecule has 0 aliphatic heterocycles. The van der Waals surface area contributed by atoms with Gasteiger partial charge in [-0.3, -0.25) is 0 Å². The number of halogens is 2. The molecule has 0 aliphatic carbocycles. The Balaban J connectivity index is 2.03. The minimum atomic E-state index is 0.0674. The maximum absolute atomic E-state index is 9.91. The first-order chi connectivity index (χ1) is 9.95. The smallest absolute Gasteiger partial charge is 0.139 e. The predicted molar refractivity (Wildman–Crippen MR) is 89.3 cm³/mol. The first-order valence-electron chi connectivity index (χ1n) is 6.60. The number of hydrogen-bond acceptors (Lipinski definition) is 3. The molecule has 0 bridgehead atoms. The highest BCUT2D eigenvalue weighted by Crippen LogP contribution is 2.31. The minimum absolute atomic E-state index is 0.0674. The van der Waals surface area contributed by atoms with Crippen molar-refractivity contribution in [2.24, 2.45) is 0 Å². The van der Waals surface area contributed by atoms with Crippen molar-refractivity contribution >= 4 is 28.9 Å². The molecule has 0 amide bonds. The van der Waals surface area contributed by atoms with Gasteiger partial charge in [-0.1, -0.05) is 35.3 Å². The van der Waals surface area contributed by atoms with E-state index in [0.29, 0.717) is 17.1 Å². The van der Waals surface area contributed by atoms with Crippen molar-refractivity contribution in [3.63, 3.8) is 0 Å². The van der Waals surface area contributed by atoms with Crippen LogP contribution in [0, 0.1) is 0 Å². The van der Waals surface area contributed by atoms with E-state index in [1.54, 1.807) is 6.07 Å². The van der Waals surface area contributed by atoms with Crippen LogP contribution in [0.5, 0.6) is 5.75 Å². The summed E-state index contributed by atoms with van der Waals surface area (Å²) in [5.74, 6) is 0.0674. The molecule has 0 aliphatic rings. The van der Waals surface area contributed by atoms with E-state index in [9.17, 15) is 5.11 Å². The second-order valence-corrected chi connectivity index (χ2v) is 6.03. The molecule has 2 aromatic rings. The van der Waals surface area contributed by atoms with Crippen LogP contribution < -0.4 is 5.32 Å². The van der Waals surface area contributed by atoms with Gasteiger partial charge in [-0.2, -0.15) is 0 Å². The molecular weight excluding hydrogens is 307 g/mol. The quantitative estimate of drug-likeness (QED) is 0.857. The van der Waals surface area contributed by atoms with E-state index in [4.69, 9.17) is 23.2 Å². The van der Waals surface area contributed by atoms with Crippen molar-refractivity contribution in [3.05, 3.63) is 57.6 Å². The molecule has 0 saturated heterocycles. The summed E-state index contributed by atoms with van der Waals surface area (Å²) < 4.78 is 0. The largest absolute Gasteiger partial charge is 0.506 e. The van der Waals surface area contributed by atoms with Gasteiger partial charge in [0.15, 0.2) is 0 Å². The van der Waals surface area contributed by atoms with Crippen LogP contribution in [0.25, 0.3) is 0 Å². The summed E-state index contributed by atoms with van der Waals surface area (Å²) in [5, 5.41) is 13.9. The van der Waals surface area contributed by atoms with Gasteiger partial charge in [-0.25, -0.2) is 0 Å². The van der Waals surface area contributed by atoms with Crippen LogP contribution in [-0.4, -0.2) is 24.1 Å². The molecule has 3 nitrogen and oxygen atoms in total. The number of anilines is 1. The number of phenols is 1. The average molecular weight is 325 g/mol. The van der Waals surface area contributed by atoms with Gasteiger partial charge in [-0.15, -0.1) is 0 Å². The molecule has 0 radical (unpaired) electrons. The number of phenolic OH excluding ortho intramolecular Hbond substituents is 1. The van der Waals surface area contributed by atoms with Crippen molar-refractivity contribution in [1.82, 2.24) is 4.90 Å². The fourth-order valence-corrected chi connectivity index (χ4v) is 2.58. The summed E-state index contributed by atoms with van der Waals surface area (Å²) in [6.07, 6.45) is 0. The molecule has 2 aromatic carbocycles. The van der Waals surface area contributed by atoms with Gasteiger partial charge in [0.25, 0.3) is 0 Å². The van der Waals surface area contributed by atoms with Crippen LogP contribution in [0.3, 0.4) is 0 Å². The molecule has 2 rings (SSSR count). The topological polar surface area (TPSA) is 35.5 Å². The summed E-state index contributed by atoms with van der Waals surface area (Å²) in [6, 6.07) is 11.4. The second-order valence-electron chi connectivity index (χ2n) is 5.18. The molecule has 21 heavy (non-hydrogen) atoms. The van der Waals surface area contributed by atoms with Gasteiger partial charge < -0.3 is 15.3 Å². The Morgan fingerprint density at radius 1 is 1.10 bits per heavy atom. The maximum atomic E-state index is 9.91. The molecule has 0 saturated carbocycles. The Labute approximate surface area is 135 Å². The number of aromatic hydroxyl groups is 1. The lowest BCUT2D eigenvalue weighted by atomic mass is 10.1. The zero-order valence-corrected chi connectivity index (χ0v) is 13.5. The van der Waals surface area contributed by atoms with Gasteiger partial charge >= 0.3 is 0 Å². The van der Waals surface area contributed by atoms with E-state index in [2.05, 4.69) is 22.3 Å². The average Bonchev–Trinajstić information content (AvgIpc) is 2.42. The lowest BCUT2D eigenvalue weighted by molar-refractivity contribution is 0.402. The fourth-order valence-electron chi connectivity index (χ4n) is 2.04. The number of nitrogens with one attached hydrogen (secondary N) is 1. The van der Waals surface area contributed by atoms with E-state index in [0.717, 1.165) is 12.2 Å². The molecular formula is C16H18Cl2N2O. The van der Waals surface area contributed by atoms with Gasteiger partial charge in [-0.05, 0) is 43.9 Å². The SMILES string of the molecule is CN(C)Cc1ccc(NCc2cc(Cl)cc(Cl)c2O)cc1. The van der Waals surface area contributed by atoms with E-state index in [-0.39, 0.29) is 10.8 Å². The Morgan fingerprint density at radius 2 is 1.76 bits per heavy atom. The van der Waals surface area contributed by atoms with Gasteiger partial charge in [0.05, 0.1) is 5.02 Å². The minimum Gasteiger partial charge on any atom is -0.506 e. The molecule has 5 heteroatoms. The number of hydrogen-bond donors (Lipinski definition) is 2. The van der Waals surface area contributed by atoms with Crippen LogP contribution in [0.1, 0.15) is 11.1 Å². The van der Waals surface area contributed by atoms with Crippen LogP contribution in [0.15, 0.2) is 36.4 Å². The highest BCUT2D eigenvalue weighted by molar-refractivity contribution is 6.35. The third kappa shape index (κ3) is 4.53. The van der Waals surface area contributed by atoms with Crippen molar-refractivity contribution < 1.29 is 5.11 Å². The van der Waals surface area contributed by atoms with Crippen LogP contribution in [-0.2, 0) is 13.1 Å². The lowest BCUT2D eigenvalue weighted by Gasteiger charge is -2.12. The fraction of sp³-hybridized carbons (Fsp3) is 0.250. The van der Waals surface area contributed by atoms with Gasteiger partial charge in [0.1, 0.15) is 5.75 Å². The van der Waals surface area contributed by atoms with Crippen molar-refractivity contribution in [1.29, 1.82) is 0 Å². The number of benzene rings is 2. The molecule has 0 heterocycles. The molecule has 0 atom stereocenters. The Morgan fingerprint density at radius 3 is 2.38 bits per heavy atom. The summed E-state index contributed by atoms with van der Waals surface area (Å²) in [4.78, 5) is 2.12. The first kappa shape index (κ1) is 16.0. The van der Waals surface area contributed by atoms with Crippen LogP contribution in [0.4, 0.5) is 5.69 Å². The first-order valence-corrected chi connectivity index (χ1v) is 7.35. The zero-order valence-electron chi connectivity index (χ0n) is 12.0. The highest BCUT2D eigenvalue weighted by Gasteiger charge is 2.07. The van der Waals surface area contributed by atoms with Crippen LogP contribution in [0.2, 0.25) is 10.0 Å². The summed E-state index contributed by atoms with van der Waals surface area (Å²) in [7, 11) is 4.08. The lowest BCUT2D eigenvalue weighted by Crippen LogP contribution is -2.10. The van der Waals surface area contributed by atoms with Gasteiger partial charge in [0, 0.05) is 29.4 Å².